The van der Waals surface area contributed by atoms with Crippen LogP contribution in [0.4, 0.5) is 0 Å². The van der Waals surface area contributed by atoms with E-state index in [0.29, 0.717) is 22.6 Å². The molecule has 0 aliphatic heterocycles. The fourth-order valence-electron chi connectivity index (χ4n) is 2.37. The quantitative estimate of drug-likeness (QED) is 0.543. The summed E-state index contributed by atoms with van der Waals surface area (Å²) in [4.78, 5) is 27.1. The van der Waals surface area contributed by atoms with Gasteiger partial charge >= 0.3 is 5.97 Å². The summed E-state index contributed by atoms with van der Waals surface area (Å²) in [7, 11) is 1.28. The van der Waals surface area contributed by atoms with E-state index in [1.54, 1.807) is 6.92 Å². The Morgan fingerprint density at radius 3 is 2.75 bits per heavy atom. The fraction of sp³-hybridized carbons (Fsp3) is 0.118. The van der Waals surface area contributed by atoms with Gasteiger partial charge in [0.25, 0.3) is 0 Å². The van der Waals surface area contributed by atoms with Gasteiger partial charge in [0.05, 0.1) is 12.7 Å². The Labute approximate surface area is 145 Å². The van der Waals surface area contributed by atoms with Crippen LogP contribution in [0.3, 0.4) is 0 Å². The molecule has 0 unspecified atom stereocenters. The summed E-state index contributed by atoms with van der Waals surface area (Å²) in [6.07, 6.45) is 1.46. The van der Waals surface area contributed by atoms with Gasteiger partial charge in [-0.3, -0.25) is 4.79 Å². The molecule has 3 rings (SSSR count). The molecule has 6 nitrogen and oxygen atoms in total. The summed E-state index contributed by atoms with van der Waals surface area (Å²) < 4.78 is 10.7. The molecule has 0 amide bonds. The Balaban J connectivity index is 2.05. The van der Waals surface area contributed by atoms with E-state index in [4.69, 9.17) is 4.52 Å². The lowest BCUT2D eigenvalue weighted by molar-refractivity contribution is 0.0595. The normalized spacial score (nSPS) is 10.6. The molecule has 0 bridgehead atoms. The van der Waals surface area contributed by atoms with Gasteiger partial charge in [-0.2, -0.15) is 0 Å². The van der Waals surface area contributed by atoms with Gasteiger partial charge in [-0.25, -0.2) is 4.79 Å². The van der Waals surface area contributed by atoms with Crippen molar-refractivity contribution in [1.29, 1.82) is 0 Å². The fourth-order valence-corrected chi connectivity index (χ4v) is 2.85. The molecule has 0 fully saturated rings. The van der Waals surface area contributed by atoms with Gasteiger partial charge in [0.2, 0.25) is 0 Å². The third-order valence-electron chi connectivity index (χ3n) is 3.57. The predicted octanol–water partition coefficient (Wildman–Crippen LogP) is 3.76. The summed E-state index contributed by atoms with van der Waals surface area (Å²) >= 11 is 3.45. The van der Waals surface area contributed by atoms with Gasteiger partial charge in [0.15, 0.2) is 5.78 Å². The van der Waals surface area contributed by atoms with Crippen LogP contribution < -0.4 is 0 Å². The minimum Gasteiger partial charge on any atom is -0.464 e. The highest BCUT2D eigenvalue weighted by atomic mass is 79.9. The Morgan fingerprint density at radius 1 is 1.29 bits per heavy atom. The third-order valence-corrected chi connectivity index (χ3v) is 4.26. The van der Waals surface area contributed by atoms with Crippen LogP contribution in [0.15, 0.2) is 45.5 Å². The van der Waals surface area contributed by atoms with E-state index in [-0.39, 0.29) is 11.5 Å². The standard InChI is InChI=1S/C17H13BrN2O4/c1-9-14(15(20-24-9)11-5-3-4-6-12(11)18)16(21)10-7-13(19-8-10)17(22)23-2/h3-8,19H,1-2H3. The maximum Gasteiger partial charge on any atom is 0.354 e. The van der Waals surface area contributed by atoms with Crippen molar-refractivity contribution >= 4 is 27.7 Å². The average Bonchev–Trinajstić information content (AvgIpc) is 3.21. The molecule has 0 spiro atoms. The number of H-pyrrole nitrogens is 1. The number of ether oxygens (including phenoxy) is 1. The van der Waals surface area contributed by atoms with E-state index < -0.39 is 5.97 Å². The number of hydrogen-bond acceptors (Lipinski definition) is 5. The van der Waals surface area contributed by atoms with E-state index in [9.17, 15) is 9.59 Å². The molecule has 1 N–H and O–H groups in total. The molecule has 2 aromatic heterocycles. The second kappa shape index (κ2) is 6.45. The Kier molecular flexibility index (Phi) is 4.35. The number of nitrogens with zero attached hydrogens (tertiary/aromatic N) is 1. The van der Waals surface area contributed by atoms with Crippen LogP contribution in [0, 0.1) is 6.92 Å². The summed E-state index contributed by atoms with van der Waals surface area (Å²) in [6, 6.07) is 8.87. The topological polar surface area (TPSA) is 85.2 Å². The highest BCUT2D eigenvalue weighted by Gasteiger charge is 2.25. The lowest BCUT2D eigenvalue weighted by atomic mass is 9.99. The molecule has 3 aromatic rings. The van der Waals surface area contributed by atoms with E-state index in [0.717, 1.165) is 10.0 Å². The average molecular weight is 389 g/mol. The number of rotatable bonds is 4. The van der Waals surface area contributed by atoms with Gasteiger partial charge < -0.3 is 14.2 Å². The van der Waals surface area contributed by atoms with Gasteiger partial charge in [-0.15, -0.1) is 0 Å². The maximum atomic E-state index is 12.9. The van der Waals surface area contributed by atoms with Crippen molar-refractivity contribution in [2.75, 3.05) is 7.11 Å². The molecule has 122 valence electrons. The summed E-state index contributed by atoms with van der Waals surface area (Å²) in [5.41, 5.74) is 2.09. The number of aromatic nitrogens is 2. The number of methoxy groups -OCH3 is 1. The molecule has 2 heterocycles. The van der Waals surface area contributed by atoms with Crippen molar-refractivity contribution < 1.29 is 18.8 Å². The minimum atomic E-state index is -0.540. The number of aryl methyl sites for hydroxylation is 1. The largest absolute Gasteiger partial charge is 0.464 e. The van der Waals surface area contributed by atoms with Gasteiger partial charge in [0.1, 0.15) is 17.1 Å². The van der Waals surface area contributed by atoms with Gasteiger partial charge in [0, 0.05) is 21.8 Å². The second-order valence-corrected chi connectivity index (χ2v) is 5.92. The highest BCUT2D eigenvalue weighted by molar-refractivity contribution is 9.10. The molecule has 0 aliphatic rings. The Hall–Kier alpha value is -2.67. The van der Waals surface area contributed by atoms with Crippen molar-refractivity contribution in [2.45, 2.75) is 6.92 Å². The highest BCUT2D eigenvalue weighted by Crippen LogP contribution is 2.32. The second-order valence-electron chi connectivity index (χ2n) is 5.06. The number of halogens is 1. The minimum absolute atomic E-state index is 0.206. The van der Waals surface area contributed by atoms with E-state index >= 15 is 0 Å². The first kappa shape index (κ1) is 16.2. The molecule has 1 aromatic carbocycles. The van der Waals surface area contributed by atoms with Crippen LogP contribution >= 0.6 is 15.9 Å². The number of nitrogens with one attached hydrogen (secondary N) is 1. The molecular formula is C17H13BrN2O4. The van der Waals surface area contributed by atoms with E-state index in [1.165, 1.54) is 19.4 Å². The Morgan fingerprint density at radius 2 is 2.04 bits per heavy atom. The number of aromatic amines is 1. The molecule has 0 atom stereocenters. The van der Waals surface area contributed by atoms with Crippen LogP contribution in [0.5, 0.6) is 0 Å². The van der Waals surface area contributed by atoms with Gasteiger partial charge in [-0.05, 0) is 19.1 Å². The smallest absolute Gasteiger partial charge is 0.354 e. The number of carbonyl (C=O) groups is 2. The third kappa shape index (κ3) is 2.78. The lowest BCUT2D eigenvalue weighted by Crippen LogP contribution is -2.03. The van der Waals surface area contributed by atoms with Crippen LogP contribution in [-0.2, 0) is 4.74 Å². The first-order valence-electron chi connectivity index (χ1n) is 7.05. The van der Waals surface area contributed by atoms with Crippen molar-refractivity contribution in [2.24, 2.45) is 0 Å². The summed E-state index contributed by atoms with van der Waals surface area (Å²) in [5.74, 6) is -0.417. The lowest BCUT2D eigenvalue weighted by Gasteiger charge is -2.03. The SMILES string of the molecule is COC(=O)c1cc(C(=O)c2c(-c3ccccc3Br)noc2C)c[nH]1. The monoisotopic (exact) mass is 388 g/mol. The molecule has 0 saturated heterocycles. The summed E-state index contributed by atoms with van der Waals surface area (Å²) in [5, 5.41) is 4.02. The molecule has 0 saturated carbocycles. The van der Waals surface area contributed by atoms with Crippen LogP contribution in [0.2, 0.25) is 0 Å². The van der Waals surface area contributed by atoms with Gasteiger partial charge in [-0.1, -0.05) is 39.3 Å². The maximum absolute atomic E-state index is 12.9. The van der Waals surface area contributed by atoms with Crippen LogP contribution in [-0.4, -0.2) is 29.0 Å². The zero-order valence-corrected chi connectivity index (χ0v) is 14.5. The number of carbonyl (C=O) groups excluding carboxylic acids is 2. The van der Waals surface area contributed by atoms with Crippen LogP contribution in [0.1, 0.15) is 32.2 Å². The van der Waals surface area contributed by atoms with Crippen molar-refractivity contribution in [3.63, 3.8) is 0 Å². The summed E-state index contributed by atoms with van der Waals surface area (Å²) in [6.45, 7) is 1.68. The molecule has 0 radical (unpaired) electrons. The predicted molar refractivity (Wildman–Crippen MR) is 89.9 cm³/mol. The first-order valence-corrected chi connectivity index (χ1v) is 7.84. The van der Waals surface area contributed by atoms with E-state index in [2.05, 4.69) is 30.8 Å². The number of hydrogen-bond donors (Lipinski definition) is 1. The zero-order chi connectivity index (χ0) is 17.3. The van der Waals surface area contributed by atoms with E-state index in [1.807, 2.05) is 24.3 Å². The van der Waals surface area contributed by atoms with Crippen molar-refractivity contribution in [3.8, 4) is 11.3 Å². The number of ketones is 1. The van der Waals surface area contributed by atoms with Crippen molar-refractivity contribution in [3.05, 3.63) is 63.6 Å². The molecule has 24 heavy (non-hydrogen) atoms. The molecule has 7 heteroatoms. The number of benzene rings is 1. The van der Waals surface area contributed by atoms with Crippen LogP contribution in [0.25, 0.3) is 11.3 Å². The Bertz CT molecular complexity index is 926. The van der Waals surface area contributed by atoms with Crippen molar-refractivity contribution in [1.82, 2.24) is 10.1 Å². The number of esters is 1. The first-order chi connectivity index (χ1) is 11.5. The zero-order valence-electron chi connectivity index (χ0n) is 12.9. The molecular weight excluding hydrogens is 376 g/mol. The molecule has 0 aliphatic carbocycles.